The number of hydrogen-bond acceptors (Lipinski definition) is 3. The van der Waals surface area contributed by atoms with Crippen LogP contribution in [0.15, 0.2) is 41.0 Å². The van der Waals surface area contributed by atoms with Gasteiger partial charge in [-0.3, -0.25) is 0 Å². The van der Waals surface area contributed by atoms with E-state index in [9.17, 15) is 5.11 Å². The van der Waals surface area contributed by atoms with Crippen LogP contribution in [-0.2, 0) is 0 Å². The van der Waals surface area contributed by atoms with Crippen LogP contribution in [-0.4, -0.2) is 11.7 Å². The van der Waals surface area contributed by atoms with Crippen molar-refractivity contribution in [3.05, 3.63) is 59.0 Å². The molecule has 18 heavy (non-hydrogen) atoms. The van der Waals surface area contributed by atoms with Gasteiger partial charge in [-0.15, -0.1) is 0 Å². The van der Waals surface area contributed by atoms with Crippen molar-refractivity contribution in [3.8, 4) is 0 Å². The maximum absolute atomic E-state index is 10.4. The third-order valence-electron chi connectivity index (χ3n) is 3.31. The van der Waals surface area contributed by atoms with Gasteiger partial charge in [0.05, 0.1) is 6.26 Å². The average Bonchev–Trinajstić information content (AvgIpc) is 2.78. The molecule has 0 spiro atoms. The molecule has 1 aromatic carbocycles. The van der Waals surface area contributed by atoms with E-state index < -0.39 is 6.10 Å². The molecule has 0 saturated heterocycles. The number of benzene rings is 1. The van der Waals surface area contributed by atoms with Gasteiger partial charge in [0.1, 0.15) is 11.9 Å². The van der Waals surface area contributed by atoms with Crippen molar-refractivity contribution in [1.29, 1.82) is 0 Å². The molecule has 0 fully saturated rings. The van der Waals surface area contributed by atoms with Gasteiger partial charge < -0.3 is 15.3 Å². The Morgan fingerprint density at radius 1 is 1.17 bits per heavy atom. The minimum absolute atomic E-state index is 0.143. The van der Waals surface area contributed by atoms with Gasteiger partial charge in [0.15, 0.2) is 0 Å². The fourth-order valence-corrected chi connectivity index (χ4v) is 2.13. The molecule has 0 saturated carbocycles. The first kappa shape index (κ1) is 12.9. The lowest BCUT2D eigenvalue weighted by molar-refractivity contribution is 0.121. The summed E-state index contributed by atoms with van der Waals surface area (Å²) >= 11 is 0. The largest absolute Gasteiger partial charge is 0.466 e. The molecule has 0 radical (unpaired) electrons. The van der Waals surface area contributed by atoms with Crippen molar-refractivity contribution in [2.45, 2.75) is 25.9 Å². The standard InChI is InChI=1S/C15H19NO2/c1-10-3-5-12(6-4-10)13(9-16)14(17)15-11(2)7-8-18-15/h3-8,13-14,17H,9,16H2,1-2H3. The predicted octanol–water partition coefficient (Wildman–Crippen LogP) is 2.67. The van der Waals surface area contributed by atoms with Crippen LogP contribution in [0.25, 0.3) is 0 Å². The molecule has 0 aliphatic heterocycles. The third kappa shape index (κ3) is 2.47. The molecule has 0 aliphatic rings. The Morgan fingerprint density at radius 3 is 2.33 bits per heavy atom. The van der Waals surface area contributed by atoms with E-state index in [2.05, 4.69) is 0 Å². The fourth-order valence-electron chi connectivity index (χ4n) is 2.13. The summed E-state index contributed by atoms with van der Waals surface area (Å²) in [5.74, 6) is 0.460. The first-order valence-corrected chi connectivity index (χ1v) is 6.12. The number of rotatable bonds is 4. The highest BCUT2D eigenvalue weighted by molar-refractivity contribution is 5.28. The van der Waals surface area contributed by atoms with E-state index in [0.29, 0.717) is 12.3 Å². The molecule has 1 heterocycles. The molecule has 3 nitrogen and oxygen atoms in total. The highest BCUT2D eigenvalue weighted by Crippen LogP contribution is 2.32. The summed E-state index contributed by atoms with van der Waals surface area (Å²) in [6, 6.07) is 9.92. The van der Waals surface area contributed by atoms with Gasteiger partial charge in [-0.25, -0.2) is 0 Å². The number of aliphatic hydroxyl groups is 1. The summed E-state index contributed by atoms with van der Waals surface area (Å²) in [6.07, 6.45) is 0.893. The minimum atomic E-state index is -0.701. The van der Waals surface area contributed by atoms with Crippen LogP contribution in [0.4, 0.5) is 0 Å². The predicted molar refractivity (Wildman–Crippen MR) is 71.4 cm³/mol. The summed E-state index contributed by atoms with van der Waals surface area (Å²) < 4.78 is 5.35. The molecule has 3 heteroatoms. The quantitative estimate of drug-likeness (QED) is 0.870. The molecule has 0 amide bonds. The first-order valence-electron chi connectivity index (χ1n) is 6.12. The van der Waals surface area contributed by atoms with Crippen LogP contribution < -0.4 is 5.73 Å². The molecular formula is C15H19NO2. The van der Waals surface area contributed by atoms with Crippen LogP contribution in [0.1, 0.15) is 34.5 Å². The second-order valence-corrected chi connectivity index (χ2v) is 4.67. The maximum Gasteiger partial charge on any atom is 0.135 e. The molecule has 2 unspecified atom stereocenters. The van der Waals surface area contributed by atoms with Gasteiger partial charge in [0.2, 0.25) is 0 Å². The van der Waals surface area contributed by atoms with Gasteiger partial charge in [0, 0.05) is 12.5 Å². The fraction of sp³-hybridized carbons (Fsp3) is 0.333. The first-order chi connectivity index (χ1) is 8.63. The van der Waals surface area contributed by atoms with E-state index in [1.807, 2.05) is 44.2 Å². The molecule has 3 N–H and O–H groups in total. The molecule has 0 bridgehead atoms. The number of aliphatic hydroxyl groups excluding tert-OH is 1. The van der Waals surface area contributed by atoms with E-state index in [-0.39, 0.29) is 5.92 Å². The van der Waals surface area contributed by atoms with Crippen LogP contribution in [0.5, 0.6) is 0 Å². The normalized spacial score (nSPS) is 14.4. The molecule has 1 aromatic heterocycles. The van der Waals surface area contributed by atoms with Crippen molar-refractivity contribution in [3.63, 3.8) is 0 Å². The van der Waals surface area contributed by atoms with Gasteiger partial charge in [-0.2, -0.15) is 0 Å². The zero-order chi connectivity index (χ0) is 13.1. The molecule has 2 rings (SSSR count). The zero-order valence-corrected chi connectivity index (χ0v) is 10.8. The molecular weight excluding hydrogens is 226 g/mol. The van der Waals surface area contributed by atoms with Crippen molar-refractivity contribution in [2.75, 3.05) is 6.54 Å². The maximum atomic E-state index is 10.4. The second kappa shape index (κ2) is 5.38. The SMILES string of the molecule is Cc1ccc(C(CN)C(O)c2occc2C)cc1. The molecule has 2 aromatic rings. The Kier molecular flexibility index (Phi) is 3.84. The van der Waals surface area contributed by atoms with E-state index in [4.69, 9.17) is 10.2 Å². The lowest BCUT2D eigenvalue weighted by atomic mass is 9.90. The number of aryl methyl sites for hydroxylation is 2. The van der Waals surface area contributed by atoms with E-state index in [0.717, 1.165) is 11.1 Å². The minimum Gasteiger partial charge on any atom is -0.466 e. The van der Waals surface area contributed by atoms with E-state index in [1.165, 1.54) is 5.56 Å². The number of furan rings is 1. The smallest absolute Gasteiger partial charge is 0.135 e. The van der Waals surface area contributed by atoms with Gasteiger partial charge in [0.25, 0.3) is 0 Å². The highest BCUT2D eigenvalue weighted by atomic mass is 16.4. The average molecular weight is 245 g/mol. The lowest BCUT2D eigenvalue weighted by Crippen LogP contribution is -2.20. The van der Waals surface area contributed by atoms with Crippen LogP contribution in [0.2, 0.25) is 0 Å². The Bertz CT molecular complexity index is 501. The van der Waals surface area contributed by atoms with Crippen LogP contribution in [0, 0.1) is 13.8 Å². The van der Waals surface area contributed by atoms with Crippen LogP contribution >= 0.6 is 0 Å². The summed E-state index contributed by atoms with van der Waals surface area (Å²) in [6.45, 7) is 4.34. The van der Waals surface area contributed by atoms with Crippen molar-refractivity contribution >= 4 is 0 Å². The summed E-state index contributed by atoms with van der Waals surface area (Å²) in [7, 11) is 0. The number of nitrogens with two attached hydrogens (primary N) is 1. The van der Waals surface area contributed by atoms with Crippen molar-refractivity contribution < 1.29 is 9.52 Å². The van der Waals surface area contributed by atoms with Gasteiger partial charge >= 0.3 is 0 Å². The Labute approximate surface area is 107 Å². The Morgan fingerprint density at radius 2 is 1.83 bits per heavy atom. The summed E-state index contributed by atoms with van der Waals surface area (Å²) in [5, 5.41) is 10.4. The lowest BCUT2D eigenvalue weighted by Gasteiger charge is -2.21. The second-order valence-electron chi connectivity index (χ2n) is 4.67. The summed E-state index contributed by atoms with van der Waals surface area (Å²) in [5.41, 5.74) is 8.98. The molecule has 96 valence electrons. The highest BCUT2D eigenvalue weighted by Gasteiger charge is 2.25. The van der Waals surface area contributed by atoms with E-state index >= 15 is 0 Å². The Hall–Kier alpha value is -1.58. The molecule has 2 atom stereocenters. The van der Waals surface area contributed by atoms with E-state index in [1.54, 1.807) is 6.26 Å². The monoisotopic (exact) mass is 245 g/mol. The topological polar surface area (TPSA) is 59.4 Å². The molecule has 0 aliphatic carbocycles. The number of hydrogen-bond donors (Lipinski definition) is 2. The Balaban J connectivity index is 2.28. The van der Waals surface area contributed by atoms with Crippen molar-refractivity contribution in [2.24, 2.45) is 5.73 Å². The van der Waals surface area contributed by atoms with Crippen LogP contribution in [0.3, 0.4) is 0 Å². The summed E-state index contributed by atoms with van der Waals surface area (Å²) in [4.78, 5) is 0. The zero-order valence-electron chi connectivity index (χ0n) is 10.8. The van der Waals surface area contributed by atoms with Gasteiger partial charge in [-0.1, -0.05) is 29.8 Å². The third-order valence-corrected chi connectivity index (χ3v) is 3.31. The van der Waals surface area contributed by atoms with Gasteiger partial charge in [-0.05, 0) is 31.0 Å². The van der Waals surface area contributed by atoms with Crippen molar-refractivity contribution in [1.82, 2.24) is 0 Å².